The van der Waals surface area contributed by atoms with Crippen LogP contribution in [0.25, 0.3) is 0 Å². The maximum absolute atomic E-state index is 12.6. The van der Waals surface area contributed by atoms with Crippen LogP contribution >= 0.6 is 0 Å². The average Bonchev–Trinajstić information content (AvgIpc) is 3.19. The molecule has 4 rings (SSSR count). The molecule has 34 heavy (non-hydrogen) atoms. The van der Waals surface area contributed by atoms with E-state index in [1.165, 1.54) is 32.1 Å². The van der Waals surface area contributed by atoms with Crippen molar-refractivity contribution in [2.75, 3.05) is 6.61 Å². The third-order valence-corrected chi connectivity index (χ3v) is 11.3. The van der Waals surface area contributed by atoms with Crippen molar-refractivity contribution in [3.05, 3.63) is 11.6 Å². The van der Waals surface area contributed by atoms with Crippen LogP contribution in [0.1, 0.15) is 106 Å². The monoisotopic (exact) mass is 472 g/mol. The second-order valence-corrected chi connectivity index (χ2v) is 13.3. The minimum atomic E-state index is -0.370. The highest BCUT2D eigenvalue weighted by atomic mass is 16.6. The number of rotatable bonds is 6. The fraction of sp³-hybridized carbons (Fsp3) is 0.867. The predicted octanol–water partition coefficient (Wildman–Crippen LogP) is 6.50. The molecule has 0 amide bonds. The van der Waals surface area contributed by atoms with Crippen LogP contribution in [0.15, 0.2) is 11.6 Å². The summed E-state index contributed by atoms with van der Waals surface area (Å²) in [4.78, 5) is 24.9. The van der Waals surface area contributed by atoms with Gasteiger partial charge >= 0.3 is 5.97 Å². The smallest absolute Gasteiger partial charge is 0.306 e. The van der Waals surface area contributed by atoms with E-state index in [1.807, 2.05) is 19.9 Å². The quantitative estimate of drug-likeness (QED) is 0.354. The van der Waals surface area contributed by atoms with Crippen LogP contribution in [0.5, 0.6) is 0 Å². The van der Waals surface area contributed by atoms with Crippen LogP contribution in [0, 0.1) is 46.3 Å². The number of fused-ring (bicyclic) bond motifs is 3. The minimum absolute atomic E-state index is 0.0452. The molecule has 3 saturated carbocycles. The normalized spacial score (nSPS) is 43.4. The van der Waals surface area contributed by atoms with Crippen molar-refractivity contribution in [3.63, 3.8) is 0 Å². The van der Waals surface area contributed by atoms with Gasteiger partial charge in [-0.05, 0) is 112 Å². The number of esters is 1. The third kappa shape index (κ3) is 4.20. The first-order valence-corrected chi connectivity index (χ1v) is 14.0. The van der Waals surface area contributed by atoms with Crippen LogP contribution in [0.2, 0.25) is 0 Å². The number of carbonyl (C=O) groups is 2. The number of ether oxygens (including phenoxy) is 1. The summed E-state index contributed by atoms with van der Waals surface area (Å²) in [7, 11) is 0. The number of aliphatic hydroxyl groups is 1. The molecule has 192 valence electrons. The van der Waals surface area contributed by atoms with Gasteiger partial charge in [0.05, 0.1) is 0 Å². The van der Waals surface area contributed by atoms with Gasteiger partial charge in [-0.15, -0.1) is 0 Å². The Balaban J connectivity index is 1.59. The SMILES string of the molecule is CC(C)=CC(=O)C[C@@H](C)[C@H]1CC[C@@]2(C)[C@@H]3CC[C@@H]([C@H](C)CO)[C@@]4(CCC(=O)O4)C[C@H]3CC[C@]12C. The van der Waals surface area contributed by atoms with E-state index in [0.717, 1.165) is 24.8 Å². The van der Waals surface area contributed by atoms with Gasteiger partial charge in [-0.2, -0.15) is 0 Å². The van der Waals surface area contributed by atoms with E-state index < -0.39 is 0 Å². The number of hydrogen-bond acceptors (Lipinski definition) is 4. The molecule has 1 spiro atoms. The van der Waals surface area contributed by atoms with Gasteiger partial charge in [-0.1, -0.05) is 33.3 Å². The molecule has 9 atom stereocenters. The summed E-state index contributed by atoms with van der Waals surface area (Å²) in [6, 6.07) is 0. The van der Waals surface area contributed by atoms with Gasteiger partial charge in [0.25, 0.3) is 0 Å². The molecule has 0 aromatic rings. The van der Waals surface area contributed by atoms with E-state index in [9.17, 15) is 14.7 Å². The van der Waals surface area contributed by atoms with Crippen molar-refractivity contribution in [2.45, 2.75) is 111 Å². The Kier molecular flexibility index (Phi) is 7.15. The Morgan fingerprint density at radius 3 is 2.35 bits per heavy atom. The second-order valence-electron chi connectivity index (χ2n) is 13.3. The summed E-state index contributed by atoms with van der Waals surface area (Å²) in [5.41, 5.74) is 1.23. The lowest BCUT2D eigenvalue weighted by atomic mass is 9.48. The topological polar surface area (TPSA) is 63.6 Å². The molecule has 0 bridgehead atoms. The van der Waals surface area contributed by atoms with Gasteiger partial charge in [-0.25, -0.2) is 0 Å². The fourth-order valence-electron chi connectivity index (χ4n) is 9.52. The van der Waals surface area contributed by atoms with Crippen molar-refractivity contribution < 1.29 is 19.4 Å². The van der Waals surface area contributed by atoms with E-state index in [0.29, 0.717) is 36.5 Å². The maximum atomic E-state index is 12.6. The Bertz CT molecular complexity index is 828. The van der Waals surface area contributed by atoms with Gasteiger partial charge in [0.1, 0.15) is 5.60 Å². The number of ketones is 1. The van der Waals surface area contributed by atoms with E-state index >= 15 is 0 Å². The van der Waals surface area contributed by atoms with E-state index in [-0.39, 0.29) is 46.6 Å². The zero-order valence-electron chi connectivity index (χ0n) is 22.5. The molecule has 4 heteroatoms. The molecule has 4 fully saturated rings. The first kappa shape index (κ1) is 25.9. The summed E-state index contributed by atoms with van der Waals surface area (Å²) in [5.74, 6) is 2.84. The molecule has 4 nitrogen and oxygen atoms in total. The summed E-state index contributed by atoms with van der Waals surface area (Å²) in [5, 5.41) is 10.0. The number of allylic oxidation sites excluding steroid dienone is 2. The molecule has 0 unspecified atom stereocenters. The predicted molar refractivity (Wildman–Crippen MR) is 135 cm³/mol. The van der Waals surface area contributed by atoms with Gasteiger partial charge in [-0.3, -0.25) is 9.59 Å². The highest BCUT2D eigenvalue weighted by Crippen LogP contribution is 2.70. The first-order valence-electron chi connectivity index (χ1n) is 14.0. The maximum Gasteiger partial charge on any atom is 0.306 e. The Morgan fingerprint density at radius 2 is 1.74 bits per heavy atom. The standard InChI is InChI=1S/C30H48O4/c1-19(2)15-23(32)16-20(3)24-10-13-29(6)26-8-7-25(21(4)18-31)30(14-11-27(33)34-30)17-22(26)9-12-28(24,29)5/h15,20-22,24-26,31H,7-14,16-18H2,1-6H3/t20-,21-,22-,24-,25+,26-,28-,29+,30-/m1/s1. The van der Waals surface area contributed by atoms with Crippen molar-refractivity contribution in [1.82, 2.24) is 0 Å². The molecule has 4 aliphatic rings. The summed E-state index contributed by atoms with van der Waals surface area (Å²) >= 11 is 0. The summed E-state index contributed by atoms with van der Waals surface area (Å²) in [6.07, 6.45) is 11.9. The molecule has 1 aliphatic heterocycles. The van der Waals surface area contributed by atoms with Gasteiger partial charge < -0.3 is 9.84 Å². The fourth-order valence-corrected chi connectivity index (χ4v) is 9.52. The molecule has 0 radical (unpaired) electrons. The highest BCUT2D eigenvalue weighted by Gasteiger charge is 2.64. The lowest BCUT2D eigenvalue weighted by Gasteiger charge is -2.57. The van der Waals surface area contributed by atoms with E-state index in [4.69, 9.17) is 4.74 Å². The molecule has 0 aromatic heterocycles. The highest BCUT2D eigenvalue weighted by molar-refractivity contribution is 5.90. The van der Waals surface area contributed by atoms with Crippen molar-refractivity contribution in [1.29, 1.82) is 0 Å². The van der Waals surface area contributed by atoms with Crippen molar-refractivity contribution in [2.24, 2.45) is 46.3 Å². The summed E-state index contributed by atoms with van der Waals surface area (Å²) in [6.45, 7) is 13.7. The van der Waals surface area contributed by atoms with Gasteiger partial charge in [0.15, 0.2) is 5.78 Å². The Labute approximate surface area is 207 Å². The minimum Gasteiger partial charge on any atom is -0.459 e. The molecular formula is C30H48O4. The molecule has 1 heterocycles. The number of aliphatic hydroxyl groups excluding tert-OH is 1. The lowest BCUT2D eigenvalue weighted by Crippen LogP contribution is -2.51. The lowest BCUT2D eigenvalue weighted by molar-refractivity contribution is -0.159. The van der Waals surface area contributed by atoms with Crippen LogP contribution in [-0.2, 0) is 14.3 Å². The molecule has 0 aromatic carbocycles. The van der Waals surface area contributed by atoms with E-state index in [2.05, 4.69) is 27.7 Å². The van der Waals surface area contributed by atoms with Crippen molar-refractivity contribution in [3.8, 4) is 0 Å². The van der Waals surface area contributed by atoms with Gasteiger partial charge in [0.2, 0.25) is 0 Å². The molecule has 1 saturated heterocycles. The number of carbonyl (C=O) groups excluding carboxylic acids is 2. The first-order chi connectivity index (χ1) is 16.0. The Morgan fingerprint density at radius 1 is 1.03 bits per heavy atom. The zero-order valence-corrected chi connectivity index (χ0v) is 22.5. The molecule has 1 N–H and O–H groups in total. The molecular weight excluding hydrogens is 424 g/mol. The zero-order chi connectivity index (χ0) is 24.9. The van der Waals surface area contributed by atoms with E-state index in [1.54, 1.807) is 0 Å². The van der Waals surface area contributed by atoms with Crippen LogP contribution in [0.3, 0.4) is 0 Å². The third-order valence-electron chi connectivity index (χ3n) is 11.3. The van der Waals surface area contributed by atoms with Crippen LogP contribution < -0.4 is 0 Å². The van der Waals surface area contributed by atoms with Crippen molar-refractivity contribution >= 4 is 11.8 Å². The summed E-state index contributed by atoms with van der Waals surface area (Å²) < 4.78 is 6.17. The Hall–Kier alpha value is -1.16. The second kappa shape index (κ2) is 9.37. The average molecular weight is 473 g/mol. The van der Waals surface area contributed by atoms with Crippen LogP contribution in [0.4, 0.5) is 0 Å². The van der Waals surface area contributed by atoms with Gasteiger partial charge in [0, 0.05) is 25.4 Å². The molecule has 3 aliphatic carbocycles. The van der Waals surface area contributed by atoms with Crippen LogP contribution in [-0.4, -0.2) is 29.1 Å². The largest absolute Gasteiger partial charge is 0.459 e. The number of hydrogen-bond donors (Lipinski definition) is 1.